The summed E-state index contributed by atoms with van der Waals surface area (Å²) in [7, 11) is 0. The predicted octanol–water partition coefficient (Wildman–Crippen LogP) is 44.9. The molecule has 6 atom stereocenters. The second kappa shape index (κ2) is 57.5. The third-order valence-corrected chi connectivity index (χ3v) is 46.4. The largest absolute Gasteiger partial charge is 0.0683 e. The Kier molecular flexibility index (Phi) is 49.9. The van der Waals surface area contributed by atoms with Crippen molar-refractivity contribution in [3.8, 4) is 0 Å². The number of benzene rings is 2. The summed E-state index contributed by atoms with van der Waals surface area (Å²) in [6, 6.07) is 18.5. The van der Waals surface area contributed by atoms with Gasteiger partial charge in [-0.05, 0) is 449 Å². The van der Waals surface area contributed by atoms with E-state index in [1.54, 1.807) is 81.8 Å². The van der Waals surface area contributed by atoms with Crippen LogP contribution in [0.4, 0.5) is 0 Å². The minimum atomic E-state index is 0.547. The molecule has 0 spiro atoms. The third kappa shape index (κ3) is 34.8. The van der Waals surface area contributed by atoms with Gasteiger partial charge < -0.3 is 0 Å². The van der Waals surface area contributed by atoms with Crippen LogP contribution in [0.5, 0.6) is 0 Å². The quantitative estimate of drug-likeness (QED) is 0.148. The molecule has 0 aromatic heterocycles. The summed E-state index contributed by atoms with van der Waals surface area (Å²) in [5.41, 5.74) is 11.5. The average molecular weight is 1870 g/mol. The van der Waals surface area contributed by atoms with Crippen LogP contribution in [0.15, 0.2) is 48.5 Å². The Hall–Kier alpha value is -1.56. The minimum absolute atomic E-state index is 0.547. The molecule has 0 nitrogen and oxygen atoms in total. The monoisotopic (exact) mass is 1860 g/mol. The fourth-order valence-corrected chi connectivity index (χ4v) is 33.1. The smallest absolute Gasteiger partial charge is 0.00464 e. The molecule has 19 aliphatic rings. The van der Waals surface area contributed by atoms with Gasteiger partial charge in [-0.1, -0.05) is 406 Å². The number of hydrogen-bond donors (Lipinski definition) is 0. The lowest BCUT2D eigenvalue weighted by atomic mass is 9.52. The van der Waals surface area contributed by atoms with Crippen molar-refractivity contribution in [3.05, 3.63) is 70.8 Å². The highest BCUT2D eigenvalue weighted by atomic mass is 14.6. The van der Waals surface area contributed by atoms with E-state index in [1.807, 2.05) is 27.7 Å². The number of hydrogen-bond acceptors (Lipinski definition) is 0. The highest BCUT2D eigenvalue weighted by Gasteiger charge is 2.55. The first-order valence-electron chi connectivity index (χ1n) is 63.0. The van der Waals surface area contributed by atoms with Crippen molar-refractivity contribution in [3.63, 3.8) is 0 Å². The van der Waals surface area contributed by atoms with Gasteiger partial charge in [-0.15, -0.1) is 0 Å². The Balaban J connectivity index is 0.000000171. The standard InChI is InChI=1S/C20H38.C17H32.C17H26.C16H22.C15H28.C14H24.C14H26.C10H18.C8H16.2C2H6/c1-5-19(6-2)13-9-17(10-14-19)18-11-15-20(7-3,8-4)16-12-18;2*1-4-17(5-2)12-10-16(11-13-17)15-8-6-14(3)7-9-15;1-13-3-5-14(6-4-13)16-10-7-15(2,8-11-16)9-12-16;1-12-3-7-14(8-4-12)11-15-9-5-13(2)6-10-15;1-3-9-5-12-11-7-10(4-2)13(8-11)14(12)6-9;1-11-3-7-13(8-4-11)14-9-5-12(2)6-10-14;1-9-3-6-10(2,7-4-9)8-5-9;1-7-3-5-8(2)6-4-7;2*1-2/h17-18H,5-16H2,1-4H3;14-16H,4-13H2,1-3H3;6-9,16H,4-5,10-13H2,1-3H3;3-6H,7-12H2,1-2H3;12-15H,3-11H2,1-2H3;9-14H,3-8H2,1-2H3;11-14H,3-10H2,1-2H3;3-8H2,1-2H3;7-8H,3-6H2,1-2H3;2*1-2H3. The maximum absolute atomic E-state index is 2.49. The second-order valence-electron chi connectivity index (χ2n) is 54.7. The van der Waals surface area contributed by atoms with Crippen LogP contribution in [0.1, 0.15) is 625 Å². The SMILES string of the molecule is CC.CC.CC12CCC(C)(CC1)CC2.CC1CCC(C)CC1.CC1CCC(C2CCC(C)CC2)CC1.CC1CCC(CC2CCC(C)CC2)CC1.CCC1(CC)CCC(C2CCC(C)CC2)CC1.CCC1(CC)CCC(C2CCC(CC)(CC)CC2)CC1.CCC1(CC)CCC(c2ccc(C)cc2)CC1.CCC1CC2C3CC(CC)C(C3)C2C1.Cc1ccc(C23CCC(C)(CC2)CC3)cc1. The maximum atomic E-state index is 2.49. The number of aryl methyl sites for hydroxylation is 2. The van der Waals surface area contributed by atoms with E-state index < -0.39 is 0 Å². The molecule has 0 heterocycles. The summed E-state index contributed by atoms with van der Waals surface area (Å²) in [4.78, 5) is 0. The normalized spacial score (nSPS) is 37.1. The second-order valence-corrected chi connectivity index (χ2v) is 54.7. The van der Waals surface area contributed by atoms with Gasteiger partial charge in [-0.25, -0.2) is 0 Å². The van der Waals surface area contributed by atoms with Crippen molar-refractivity contribution in [2.24, 2.45) is 162 Å². The van der Waals surface area contributed by atoms with Crippen LogP contribution >= 0.6 is 0 Å². The first kappa shape index (κ1) is 117. The summed E-state index contributed by atoms with van der Waals surface area (Å²) in [5.74, 6) is 23.6. The molecule has 135 heavy (non-hydrogen) atoms. The molecule has 2 aromatic rings. The molecule has 6 unspecified atom stereocenters. The summed E-state index contributed by atoms with van der Waals surface area (Å²) in [6.45, 7) is 60.7. The van der Waals surface area contributed by atoms with E-state index >= 15 is 0 Å². The van der Waals surface area contributed by atoms with E-state index in [-0.39, 0.29) is 0 Å². The first-order valence-corrected chi connectivity index (χ1v) is 63.0. The van der Waals surface area contributed by atoms with Crippen molar-refractivity contribution in [1.29, 1.82) is 0 Å². The summed E-state index contributed by atoms with van der Waals surface area (Å²) < 4.78 is 0. The minimum Gasteiger partial charge on any atom is -0.0683 e. The first-order chi connectivity index (χ1) is 64.9. The van der Waals surface area contributed by atoms with Crippen LogP contribution in [0.2, 0.25) is 0 Å². The molecule has 19 saturated carbocycles. The average Bonchev–Trinajstić information content (AvgIpc) is 1.73. The van der Waals surface area contributed by atoms with E-state index in [4.69, 9.17) is 0 Å². The Morgan fingerprint density at radius 2 is 0.481 bits per heavy atom. The summed E-state index contributed by atoms with van der Waals surface area (Å²) in [5, 5.41) is 0. The van der Waals surface area contributed by atoms with Crippen molar-refractivity contribution < 1.29 is 0 Å². The van der Waals surface area contributed by atoms with Crippen LogP contribution in [-0.2, 0) is 5.41 Å². The van der Waals surface area contributed by atoms with E-state index in [0.29, 0.717) is 16.2 Å². The Labute approximate surface area is 848 Å². The van der Waals surface area contributed by atoms with Crippen molar-refractivity contribution >= 4 is 0 Å². The zero-order valence-electron chi connectivity index (χ0n) is 96.7. The predicted molar refractivity (Wildman–Crippen MR) is 603 cm³/mol. The zero-order valence-corrected chi connectivity index (χ0v) is 96.7. The highest BCUT2D eigenvalue weighted by molar-refractivity contribution is 5.31. The summed E-state index contributed by atoms with van der Waals surface area (Å²) in [6.07, 6.45) is 100. The molecule has 0 saturated heterocycles. The van der Waals surface area contributed by atoms with Gasteiger partial charge in [0.25, 0.3) is 0 Å². The molecule has 0 heteroatoms. The molecule has 19 fully saturated rings. The van der Waals surface area contributed by atoms with Gasteiger partial charge in [0.15, 0.2) is 0 Å². The summed E-state index contributed by atoms with van der Waals surface area (Å²) >= 11 is 0. The molecule has 0 N–H and O–H groups in total. The van der Waals surface area contributed by atoms with Gasteiger partial charge in [0, 0.05) is 0 Å². The fraction of sp³-hybridized carbons (Fsp3) is 0.911. The molecular weight excluding hydrogens is 1620 g/mol. The lowest BCUT2D eigenvalue weighted by Crippen LogP contribution is -2.42. The topological polar surface area (TPSA) is 0 Å². The van der Waals surface area contributed by atoms with E-state index in [2.05, 4.69) is 201 Å². The number of rotatable bonds is 17. The maximum Gasteiger partial charge on any atom is -0.00464 e. The fourth-order valence-electron chi connectivity index (χ4n) is 33.1. The molecular formula is C135H242. The lowest BCUT2D eigenvalue weighted by molar-refractivity contribution is 0.0164. The van der Waals surface area contributed by atoms with Gasteiger partial charge in [0.2, 0.25) is 0 Å². The zero-order chi connectivity index (χ0) is 98.0. The van der Waals surface area contributed by atoms with Crippen molar-refractivity contribution in [1.82, 2.24) is 0 Å². The lowest BCUT2D eigenvalue weighted by Gasteiger charge is -2.52. The van der Waals surface area contributed by atoms with Crippen LogP contribution in [-0.4, -0.2) is 0 Å². The van der Waals surface area contributed by atoms with E-state index in [0.717, 1.165) is 145 Å². The third-order valence-electron chi connectivity index (χ3n) is 46.4. The molecule has 0 amide bonds. The Bertz CT molecular complexity index is 3170. The molecule has 0 radical (unpaired) electrons. The van der Waals surface area contributed by atoms with E-state index in [9.17, 15) is 0 Å². The van der Waals surface area contributed by atoms with E-state index in [1.165, 1.54) is 383 Å². The van der Waals surface area contributed by atoms with Gasteiger partial charge in [0.05, 0.1) is 0 Å². The molecule has 19 aliphatic carbocycles. The van der Waals surface area contributed by atoms with Gasteiger partial charge in [0.1, 0.15) is 0 Å². The molecule has 21 rings (SSSR count). The van der Waals surface area contributed by atoms with Crippen LogP contribution in [0, 0.1) is 176 Å². The Morgan fingerprint density at radius 1 is 0.230 bits per heavy atom. The molecule has 0 aliphatic heterocycles. The van der Waals surface area contributed by atoms with Crippen molar-refractivity contribution in [2.75, 3.05) is 0 Å². The number of fused-ring (bicyclic) bond motifs is 11. The molecule has 2 aromatic carbocycles. The highest BCUT2D eigenvalue weighted by Crippen LogP contribution is 2.64. The van der Waals surface area contributed by atoms with Gasteiger partial charge in [-0.2, -0.15) is 0 Å². The van der Waals surface area contributed by atoms with Crippen LogP contribution < -0.4 is 0 Å². The Morgan fingerprint density at radius 3 is 0.763 bits per heavy atom. The molecule has 782 valence electrons. The van der Waals surface area contributed by atoms with Crippen molar-refractivity contribution in [2.45, 2.75) is 622 Å². The van der Waals surface area contributed by atoms with Gasteiger partial charge in [-0.3, -0.25) is 0 Å². The van der Waals surface area contributed by atoms with Crippen LogP contribution in [0.25, 0.3) is 0 Å². The van der Waals surface area contributed by atoms with Gasteiger partial charge >= 0.3 is 0 Å². The molecule has 6 bridgehead atoms. The van der Waals surface area contributed by atoms with Crippen LogP contribution in [0.3, 0.4) is 0 Å².